The first-order valence-electron chi connectivity index (χ1n) is 10.4. The molecule has 1 aliphatic carbocycles. The lowest BCUT2D eigenvalue weighted by atomic mass is 9.68. The van der Waals surface area contributed by atoms with Gasteiger partial charge in [-0.15, -0.1) is 0 Å². The van der Waals surface area contributed by atoms with Crippen LogP contribution in [-0.4, -0.2) is 11.8 Å². The summed E-state index contributed by atoms with van der Waals surface area (Å²) in [5.74, 6) is -0.695. The van der Waals surface area contributed by atoms with Gasteiger partial charge < -0.3 is 10.1 Å². The molecule has 4 heteroatoms. The third-order valence-corrected chi connectivity index (χ3v) is 5.81. The number of carbonyl (C=O) groups excluding carboxylic acids is 2. The van der Waals surface area contributed by atoms with Crippen molar-refractivity contribution in [3.63, 3.8) is 0 Å². The van der Waals surface area contributed by atoms with Crippen LogP contribution < -0.4 is 5.32 Å². The number of hydrogen-bond donors (Lipinski definition) is 1. The molecule has 4 rings (SSSR count). The molecule has 1 N–H and O–H groups in total. The van der Waals surface area contributed by atoms with Crippen LogP contribution >= 0.6 is 0 Å². The number of esters is 1. The minimum atomic E-state index is -0.408. The Labute approximate surface area is 177 Å². The molecule has 30 heavy (non-hydrogen) atoms. The van der Waals surface area contributed by atoms with Crippen LogP contribution in [0.2, 0.25) is 0 Å². The molecule has 1 atom stereocenters. The average molecular weight is 402 g/mol. The van der Waals surface area contributed by atoms with Crippen molar-refractivity contribution in [3.05, 3.63) is 94.3 Å². The van der Waals surface area contributed by atoms with Crippen LogP contribution in [0.3, 0.4) is 0 Å². The van der Waals surface area contributed by atoms with E-state index in [-0.39, 0.29) is 23.8 Å². The maximum absolute atomic E-state index is 13.2. The largest absolute Gasteiger partial charge is 0.457 e. The van der Waals surface area contributed by atoms with Crippen LogP contribution in [-0.2, 0) is 20.9 Å². The van der Waals surface area contributed by atoms with Crippen LogP contribution in [0.4, 0.5) is 0 Å². The Hall–Kier alpha value is -3.14. The van der Waals surface area contributed by atoms with Gasteiger partial charge in [-0.25, -0.2) is 4.79 Å². The average Bonchev–Trinajstić information content (AvgIpc) is 2.71. The molecule has 1 heterocycles. The molecule has 0 amide bonds. The Morgan fingerprint density at radius 3 is 2.33 bits per heavy atom. The maximum Gasteiger partial charge on any atom is 0.337 e. The van der Waals surface area contributed by atoms with E-state index in [1.54, 1.807) is 0 Å². The van der Waals surface area contributed by atoms with Gasteiger partial charge >= 0.3 is 5.97 Å². The summed E-state index contributed by atoms with van der Waals surface area (Å²) >= 11 is 0. The molecule has 2 aromatic rings. The summed E-state index contributed by atoms with van der Waals surface area (Å²) in [5.41, 5.74) is 4.68. The van der Waals surface area contributed by atoms with Gasteiger partial charge in [-0.3, -0.25) is 4.79 Å². The van der Waals surface area contributed by atoms with E-state index in [0.717, 1.165) is 28.9 Å². The summed E-state index contributed by atoms with van der Waals surface area (Å²) in [6.45, 7) is 6.31. The van der Waals surface area contributed by atoms with Gasteiger partial charge in [0, 0.05) is 29.3 Å². The first kappa shape index (κ1) is 20.1. The van der Waals surface area contributed by atoms with E-state index in [1.165, 1.54) is 0 Å². The third-order valence-electron chi connectivity index (χ3n) is 5.81. The summed E-state index contributed by atoms with van der Waals surface area (Å²) in [6.07, 6.45) is 1.25. The van der Waals surface area contributed by atoms with E-state index >= 15 is 0 Å². The Balaban J connectivity index is 1.72. The number of ketones is 1. The van der Waals surface area contributed by atoms with Crippen LogP contribution in [0.15, 0.2) is 83.2 Å². The monoisotopic (exact) mass is 401 g/mol. The fraction of sp³-hybridized carbons (Fsp3) is 0.308. The lowest BCUT2D eigenvalue weighted by molar-refractivity contribution is -0.140. The number of rotatable bonds is 4. The topological polar surface area (TPSA) is 55.4 Å². The molecule has 0 spiro atoms. The Bertz CT molecular complexity index is 1030. The van der Waals surface area contributed by atoms with Gasteiger partial charge in [-0.2, -0.15) is 0 Å². The molecule has 0 saturated carbocycles. The number of carbonyl (C=O) groups is 2. The van der Waals surface area contributed by atoms with E-state index in [2.05, 4.69) is 19.2 Å². The number of benzene rings is 2. The van der Waals surface area contributed by atoms with Crippen molar-refractivity contribution in [2.75, 3.05) is 0 Å². The number of ether oxygens (including phenoxy) is 1. The van der Waals surface area contributed by atoms with Crippen molar-refractivity contribution in [2.45, 2.75) is 46.1 Å². The minimum absolute atomic E-state index is 0.100. The number of nitrogens with one attached hydrogen (secondary N) is 1. The fourth-order valence-corrected chi connectivity index (χ4v) is 4.49. The van der Waals surface area contributed by atoms with E-state index in [0.29, 0.717) is 17.6 Å². The highest BCUT2D eigenvalue weighted by atomic mass is 16.5. The molecule has 154 valence electrons. The van der Waals surface area contributed by atoms with E-state index in [9.17, 15) is 9.59 Å². The molecule has 1 aliphatic heterocycles. The number of hydrogen-bond acceptors (Lipinski definition) is 4. The molecule has 1 unspecified atom stereocenters. The quantitative estimate of drug-likeness (QED) is 0.730. The first-order chi connectivity index (χ1) is 14.4. The molecule has 0 bridgehead atoms. The fourth-order valence-electron chi connectivity index (χ4n) is 4.49. The summed E-state index contributed by atoms with van der Waals surface area (Å²) < 4.78 is 5.67. The molecule has 0 saturated heterocycles. The predicted molar refractivity (Wildman–Crippen MR) is 116 cm³/mol. The third kappa shape index (κ3) is 3.95. The molecule has 0 aromatic heterocycles. The van der Waals surface area contributed by atoms with Crippen LogP contribution in [0, 0.1) is 5.41 Å². The highest BCUT2D eigenvalue weighted by Crippen LogP contribution is 2.46. The molecule has 4 nitrogen and oxygen atoms in total. The lowest BCUT2D eigenvalue weighted by Crippen LogP contribution is -2.38. The zero-order valence-electron chi connectivity index (χ0n) is 17.7. The number of allylic oxidation sites excluding steroid dienone is 3. The van der Waals surface area contributed by atoms with Crippen molar-refractivity contribution in [3.8, 4) is 0 Å². The number of Topliss-reactive ketones (excluding diaryl/α,β-unsaturated/α-hetero) is 1. The minimum Gasteiger partial charge on any atom is -0.457 e. The van der Waals surface area contributed by atoms with Crippen LogP contribution in [0.5, 0.6) is 0 Å². The van der Waals surface area contributed by atoms with E-state index in [1.807, 2.05) is 67.6 Å². The van der Waals surface area contributed by atoms with Gasteiger partial charge in [0.2, 0.25) is 0 Å². The van der Waals surface area contributed by atoms with Crippen molar-refractivity contribution < 1.29 is 14.3 Å². The highest BCUT2D eigenvalue weighted by Gasteiger charge is 2.43. The van der Waals surface area contributed by atoms with Crippen molar-refractivity contribution in [1.29, 1.82) is 0 Å². The van der Waals surface area contributed by atoms with Crippen LogP contribution in [0.25, 0.3) is 0 Å². The smallest absolute Gasteiger partial charge is 0.337 e. The molecule has 2 aliphatic rings. The predicted octanol–water partition coefficient (Wildman–Crippen LogP) is 5.03. The van der Waals surface area contributed by atoms with Gasteiger partial charge in [0.25, 0.3) is 0 Å². The van der Waals surface area contributed by atoms with Gasteiger partial charge in [0.15, 0.2) is 5.78 Å². The van der Waals surface area contributed by atoms with Gasteiger partial charge in [-0.1, -0.05) is 74.5 Å². The lowest BCUT2D eigenvalue weighted by Gasteiger charge is -2.39. The standard InChI is InChI=1S/C26H27NO3/c1-17-22(25(29)30-16-18-10-6-4-7-11-18)23(19-12-8-5-9-13-19)24-20(27-17)14-26(2,3)15-21(24)28/h4-13,23,27H,14-16H2,1-3H3. The molecular formula is C26H27NO3. The Kier molecular flexibility index (Phi) is 5.33. The highest BCUT2D eigenvalue weighted by molar-refractivity contribution is 6.04. The zero-order valence-corrected chi connectivity index (χ0v) is 17.7. The zero-order chi connectivity index (χ0) is 21.3. The molecule has 0 radical (unpaired) electrons. The van der Waals surface area contributed by atoms with Gasteiger partial charge in [0.05, 0.1) is 5.57 Å². The summed E-state index contributed by atoms with van der Waals surface area (Å²) in [4.78, 5) is 26.4. The second kappa shape index (κ2) is 7.94. The van der Waals surface area contributed by atoms with Gasteiger partial charge in [-0.05, 0) is 29.9 Å². The normalized spacial score (nSPS) is 20.5. The second-order valence-electron chi connectivity index (χ2n) is 8.90. The molecular weight excluding hydrogens is 374 g/mol. The molecule has 2 aromatic carbocycles. The maximum atomic E-state index is 13.2. The van der Waals surface area contributed by atoms with Crippen molar-refractivity contribution in [1.82, 2.24) is 5.32 Å². The van der Waals surface area contributed by atoms with Crippen molar-refractivity contribution in [2.24, 2.45) is 5.41 Å². The first-order valence-corrected chi connectivity index (χ1v) is 10.4. The van der Waals surface area contributed by atoms with E-state index < -0.39 is 5.92 Å². The van der Waals surface area contributed by atoms with E-state index in [4.69, 9.17) is 4.74 Å². The number of dihydropyridines is 1. The summed E-state index contributed by atoms with van der Waals surface area (Å²) in [6, 6.07) is 19.4. The van der Waals surface area contributed by atoms with Crippen molar-refractivity contribution >= 4 is 11.8 Å². The Morgan fingerprint density at radius 1 is 1.03 bits per heavy atom. The Morgan fingerprint density at radius 2 is 1.67 bits per heavy atom. The van der Waals surface area contributed by atoms with Crippen LogP contribution in [0.1, 0.15) is 50.7 Å². The second-order valence-corrected chi connectivity index (χ2v) is 8.90. The SMILES string of the molecule is CC1=C(C(=O)OCc2ccccc2)C(c2ccccc2)C2=C(CC(C)(C)CC2=O)N1. The molecule has 0 fully saturated rings. The summed E-state index contributed by atoms with van der Waals surface area (Å²) in [5, 5.41) is 3.37. The van der Waals surface area contributed by atoms with Gasteiger partial charge in [0.1, 0.15) is 6.61 Å². The summed E-state index contributed by atoms with van der Waals surface area (Å²) in [7, 11) is 0.